The summed E-state index contributed by atoms with van der Waals surface area (Å²) in [6, 6.07) is 12.9. The molecule has 4 heterocycles. The van der Waals surface area contributed by atoms with Gasteiger partial charge in [-0.05, 0) is 37.3 Å². The van der Waals surface area contributed by atoms with E-state index in [0.717, 1.165) is 36.4 Å². The van der Waals surface area contributed by atoms with Gasteiger partial charge in [0.1, 0.15) is 17.7 Å². The lowest BCUT2D eigenvalue weighted by molar-refractivity contribution is -0.0510. The maximum Gasteiger partial charge on any atom is 0.407 e. The molecular weight excluding hydrogens is 508 g/mol. The van der Waals surface area contributed by atoms with Crippen molar-refractivity contribution in [1.82, 2.24) is 30.1 Å². The summed E-state index contributed by atoms with van der Waals surface area (Å²) in [6.45, 7) is 0.329. The van der Waals surface area contributed by atoms with Crippen LogP contribution in [0.4, 0.5) is 16.4 Å². The van der Waals surface area contributed by atoms with Crippen LogP contribution in [0.25, 0.3) is 16.8 Å². The highest BCUT2D eigenvalue weighted by Crippen LogP contribution is 2.57. The van der Waals surface area contributed by atoms with Crippen LogP contribution in [0.3, 0.4) is 0 Å². The maximum atomic E-state index is 12.3. The quantitative estimate of drug-likeness (QED) is 0.331. The molecule has 3 saturated carbocycles. The van der Waals surface area contributed by atoms with Crippen LogP contribution in [-0.4, -0.2) is 49.1 Å². The average Bonchev–Trinajstić information content (AvgIpc) is 3.60. The fourth-order valence-electron chi connectivity index (χ4n) is 5.55. The van der Waals surface area contributed by atoms with Gasteiger partial charge in [-0.25, -0.2) is 14.3 Å². The summed E-state index contributed by atoms with van der Waals surface area (Å²) < 4.78 is 13.1. The fourth-order valence-corrected chi connectivity index (χ4v) is 5.74. The van der Waals surface area contributed by atoms with E-state index in [0.29, 0.717) is 46.6 Å². The number of fused-ring (bicyclic) bond motifs is 1. The largest absolute Gasteiger partial charge is 0.444 e. The molecule has 1 aliphatic heterocycles. The van der Waals surface area contributed by atoms with Crippen LogP contribution in [0.5, 0.6) is 0 Å². The number of nitriles is 1. The summed E-state index contributed by atoms with van der Waals surface area (Å²) in [5.41, 5.74) is 3.33. The second-order valence-electron chi connectivity index (χ2n) is 10.3. The molecule has 0 radical (unpaired) electrons. The molecule has 4 aliphatic rings. The first kappa shape index (κ1) is 23.0. The molecule has 3 aliphatic carbocycles. The molecule has 2 unspecified atom stereocenters. The zero-order valence-electron chi connectivity index (χ0n) is 20.1. The molecule has 12 heteroatoms. The Hall–Kier alpha value is -4.14. The number of alkyl carbamates (subject to hydrolysis) is 1. The van der Waals surface area contributed by atoms with Crippen LogP contribution in [0.15, 0.2) is 42.6 Å². The molecular formula is C26H23ClN8O3. The lowest BCUT2D eigenvalue weighted by atomic mass is 9.50. The number of carbonyl (C=O) groups excluding carboxylic acids is 1. The number of amides is 1. The van der Waals surface area contributed by atoms with E-state index < -0.39 is 0 Å². The van der Waals surface area contributed by atoms with Crippen molar-refractivity contribution in [3.8, 4) is 17.3 Å². The van der Waals surface area contributed by atoms with E-state index in [2.05, 4.69) is 32.0 Å². The van der Waals surface area contributed by atoms with Crippen LogP contribution in [0, 0.1) is 17.2 Å². The van der Waals surface area contributed by atoms with E-state index >= 15 is 0 Å². The van der Waals surface area contributed by atoms with Gasteiger partial charge < -0.3 is 20.1 Å². The van der Waals surface area contributed by atoms with Gasteiger partial charge in [-0.15, -0.1) is 0 Å². The zero-order chi connectivity index (χ0) is 25.9. The first-order chi connectivity index (χ1) is 18.4. The van der Waals surface area contributed by atoms with Gasteiger partial charge in [0.25, 0.3) is 0 Å². The second-order valence-corrected chi connectivity index (χ2v) is 10.7. The number of nitrogens with one attached hydrogen (secondary N) is 3. The smallest absolute Gasteiger partial charge is 0.407 e. The van der Waals surface area contributed by atoms with Gasteiger partial charge in [0.2, 0.25) is 0 Å². The third-order valence-electron chi connectivity index (χ3n) is 7.54. The molecule has 8 rings (SSSR count). The highest BCUT2D eigenvalue weighted by Gasteiger charge is 2.57. The van der Waals surface area contributed by atoms with Crippen molar-refractivity contribution >= 4 is 34.8 Å². The highest BCUT2D eigenvalue weighted by atomic mass is 35.5. The Bertz CT molecular complexity index is 1590. The molecule has 2 atom stereocenters. The van der Waals surface area contributed by atoms with E-state index in [4.69, 9.17) is 26.1 Å². The Morgan fingerprint density at radius 3 is 2.95 bits per heavy atom. The number of carbonyl (C=O) groups is 1. The molecule has 1 amide bonds. The van der Waals surface area contributed by atoms with Crippen molar-refractivity contribution in [3.05, 3.63) is 59.0 Å². The molecule has 0 spiro atoms. The van der Waals surface area contributed by atoms with Gasteiger partial charge >= 0.3 is 6.09 Å². The molecule has 4 aromatic rings. The molecule has 3 N–H and O–H groups in total. The van der Waals surface area contributed by atoms with Crippen LogP contribution in [-0.2, 0) is 9.47 Å². The van der Waals surface area contributed by atoms with E-state index in [1.807, 2.05) is 12.1 Å². The minimum Gasteiger partial charge on any atom is -0.444 e. The summed E-state index contributed by atoms with van der Waals surface area (Å²) in [4.78, 5) is 17.1. The SMILES string of the molecule is N#Cc1cccc(-c2cn3nc(Cl)cc3c(Nc3cc(C4CC(OC(=O)NC56CC(C5)C6)CO4)[nH]n3)n2)c1. The molecule has 1 aromatic carbocycles. The van der Waals surface area contributed by atoms with Crippen molar-refractivity contribution in [2.45, 2.75) is 43.4 Å². The van der Waals surface area contributed by atoms with Crippen LogP contribution in [0.2, 0.25) is 5.15 Å². The predicted molar refractivity (Wildman–Crippen MR) is 137 cm³/mol. The first-order valence-electron chi connectivity index (χ1n) is 12.4. The number of H-pyrrole nitrogens is 1. The van der Waals surface area contributed by atoms with Crippen molar-refractivity contribution in [3.63, 3.8) is 0 Å². The van der Waals surface area contributed by atoms with Gasteiger partial charge in [-0.3, -0.25) is 5.10 Å². The highest BCUT2D eigenvalue weighted by molar-refractivity contribution is 6.29. The lowest BCUT2D eigenvalue weighted by Crippen LogP contribution is -2.68. The van der Waals surface area contributed by atoms with Gasteiger partial charge in [-0.1, -0.05) is 23.7 Å². The number of halogens is 1. The number of ether oxygens (including phenoxy) is 2. The van der Waals surface area contributed by atoms with E-state index in [-0.39, 0.29) is 23.8 Å². The normalized spacial score (nSPS) is 25.3. The molecule has 192 valence electrons. The van der Waals surface area contributed by atoms with E-state index in [9.17, 15) is 10.1 Å². The Kier molecular flexibility index (Phi) is 5.28. The molecule has 38 heavy (non-hydrogen) atoms. The maximum absolute atomic E-state index is 12.3. The Morgan fingerprint density at radius 1 is 1.29 bits per heavy atom. The lowest BCUT2D eigenvalue weighted by Gasteiger charge is -2.61. The molecule has 2 bridgehead atoms. The predicted octanol–water partition coefficient (Wildman–Crippen LogP) is 4.50. The number of benzene rings is 1. The second kappa shape index (κ2) is 8.72. The van der Waals surface area contributed by atoms with Crippen LogP contribution >= 0.6 is 11.6 Å². The van der Waals surface area contributed by atoms with E-state index in [1.54, 1.807) is 35.0 Å². The minimum absolute atomic E-state index is 0.0143. The zero-order valence-corrected chi connectivity index (χ0v) is 20.9. The number of aromatic amines is 1. The number of hydrogen-bond acceptors (Lipinski definition) is 8. The summed E-state index contributed by atoms with van der Waals surface area (Å²) in [7, 11) is 0. The standard InChI is InChI=1S/C26H23ClN8O3/c27-22-7-20-24(29-19(12-35(20)34-22)16-3-1-2-14(4-16)11-28)30-23-6-18(32-33-23)21-5-17(13-37-21)38-25(36)31-26-8-15(9-26)10-26/h1-4,6-7,12,15,17,21H,5,8-10,13H2,(H,31,36)(H2,29,30,32,33). The number of aromatic nitrogens is 5. The van der Waals surface area contributed by atoms with Crippen molar-refractivity contribution in [2.75, 3.05) is 11.9 Å². The van der Waals surface area contributed by atoms with Gasteiger partial charge in [-0.2, -0.15) is 15.5 Å². The van der Waals surface area contributed by atoms with Crippen molar-refractivity contribution in [1.29, 1.82) is 5.26 Å². The number of rotatable bonds is 6. The Labute approximate surface area is 222 Å². The molecule has 3 aromatic heterocycles. The number of hydrogen-bond donors (Lipinski definition) is 3. The Morgan fingerprint density at radius 2 is 2.16 bits per heavy atom. The first-order valence-corrected chi connectivity index (χ1v) is 12.8. The van der Waals surface area contributed by atoms with Gasteiger partial charge in [0.05, 0.1) is 35.8 Å². The van der Waals surface area contributed by atoms with Gasteiger partial charge in [0.15, 0.2) is 16.8 Å². The Balaban J connectivity index is 1.06. The molecule has 11 nitrogen and oxygen atoms in total. The van der Waals surface area contributed by atoms with Crippen molar-refractivity contribution in [2.24, 2.45) is 5.92 Å². The average molecular weight is 531 g/mol. The third-order valence-corrected chi connectivity index (χ3v) is 7.73. The fraction of sp³-hybridized carbons (Fsp3) is 0.346. The van der Waals surface area contributed by atoms with Gasteiger partial charge in [0, 0.05) is 29.7 Å². The third kappa shape index (κ3) is 4.12. The van der Waals surface area contributed by atoms with E-state index in [1.165, 1.54) is 0 Å². The monoisotopic (exact) mass is 530 g/mol. The summed E-state index contributed by atoms with van der Waals surface area (Å²) in [5.74, 6) is 1.82. The summed E-state index contributed by atoms with van der Waals surface area (Å²) >= 11 is 6.18. The van der Waals surface area contributed by atoms with Crippen LogP contribution in [0.1, 0.15) is 43.0 Å². The molecule has 1 saturated heterocycles. The molecule has 4 fully saturated rings. The van der Waals surface area contributed by atoms with Crippen LogP contribution < -0.4 is 10.6 Å². The number of nitrogens with zero attached hydrogens (tertiary/aromatic N) is 5. The minimum atomic E-state index is -0.362. The summed E-state index contributed by atoms with van der Waals surface area (Å²) in [6.07, 6.45) is 4.55. The van der Waals surface area contributed by atoms with Crippen molar-refractivity contribution < 1.29 is 14.3 Å². The number of anilines is 2. The summed E-state index contributed by atoms with van der Waals surface area (Å²) in [5, 5.41) is 27.6. The topological polar surface area (TPSA) is 142 Å².